The topological polar surface area (TPSA) is 44.4 Å². The summed E-state index contributed by atoms with van der Waals surface area (Å²) < 4.78 is 0. The number of piperidine rings is 1. The molecule has 1 saturated heterocycles. The molecule has 1 amide bonds. The number of rotatable bonds is 4. The third kappa shape index (κ3) is 3.19. The standard InChI is InChI=1S/C12H23N3O/c1-9-4-3-5-10(2)15(9)13-8-12(16)14-11-6-7-11/h9-11,13H,3-8H2,1-2H3,(H,14,16). The van der Waals surface area contributed by atoms with Crippen molar-refractivity contribution in [1.82, 2.24) is 15.8 Å². The SMILES string of the molecule is CC1CCCC(C)N1NCC(=O)NC1CC1. The fraction of sp³-hybridized carbons (Fsp3) is 0.917. The largest absolute Gasteiger partial charge is 0.352 e. The maximum atomic E-state index is 11.5. The minimum Gasteiger partial charge on any atom is -0.352 e. The van der Waals surface area contributed by atoms with Crippen LogP contribution in [0.2, 0.25) is 0 Å². The van der Waals surface area contributed by atoms with Crippen molar-refractivity contribution in [1.29, 1.82) is 0 Å². The van der Waals surface area contributed by atoms with E-state index in [1.54, 1.807) is 0 Å². The Balaban J connectivity index is 1.71. The first-order valence-electron chi connectivity index (χ1n) is 6.48. The molecule has 4 heteroatoms. The van der Waals surface area contributed by atoms with Gasteiger partial charge in [-0.2, -0.15) is 0 Å². The Morgan fingerprint density at radius 1 is 1.19 bits per heavy atom. The van der Waals surface area contributed by atoms with E-state index in [1.807, 2.05) is 0 Å². The maximum Gasteiger partial charge on any atom is 0.235 e. The fourth-order valence-corrected chi connectivity index (χ4v) is 2.40. The molecule has 2 aliphatic rings. The van der Waals surface area contributed by atoms with Gasteiger partial charge in [0, 0.05) is 18.1 Å². The molecule has 1 heterocycles. The second kappa shape index (κ2) is 5.15. The van der Waals surface area contributed by atoms with Crippen molar-refractivity contribution in [2.75, 3.05) is 6.54 Å². The van der Waals surface area contributed by atoms with Gasteiger partial charge >= 0.3 is 0 Å². The van der Waals surface area contributed by atoms with Gasteiger partial charge in [-0.05, 0) is 39.5 Å². The summed E-state index contributed by atoms with van der Waals surface area (Å²) in [6, 6.07) is 1.54. The van der Waals surface area contributed by atoms with E-state index in [-0.39, 0.29) is 5.91 Å². The number of hydrogen-bond acceptors (Lipinski definition) is 3. The van der Waals surface area contributed by atoms with Gasteiger partial charge in [0.25, 0.3) is 0 Å². The van der Waals surface area contributed by atoms with E-state index in [2.05, 4.69) is 29.6 Å². The fourth-order valence-electron chi connectivity index (χ4n) is 2.40. The summed E-state index contributed by atoms with van der Waals surface area (Å²) in [6.45, 7) is 4.87. The molecule has 2 unspecified atom stereocenters. The molecule has 2 rings (SSSR count). The lowest BCUT2D eigenvalue weighted by molar-refractivity contribution is -0.122. The number of carbonyl (C=O) groups is 1. The minimum absolute atomic E-state index is 0.132. The predicted molar refractivity (Wildman–Crippen MR) is 63.8 cm³/mol. The van der Waals surface area contributed by atoms with Crippen molar-refractivity contribution in [2.24, 2.45) is 0 Å². The van der Waals surface area contributed by atoms with Crippen LogP contribution in [0.3, 0.4) is 0 Å². The highest BCUT2D eigenvalue weighted by Gasteiger charge is 2.26. The second-order valence-electron chi connectivity index (χ2n) is 5.21. The summed E-state index contributed by atoms with van der Waals surface area (Å²) >= 11 is 0. The first-order valence-corrected chi connectivity index (χ1v) is 6.48. The summed E-state index contributed by atoms with van der Waals surface area (Å²) in [5.41, 5.74) is 3.28. The molecular formula is C12H23N3O. The van der Waals surface area contributed by atoms with Gasteiger partial charge in [-0.15, -0.1) is 0 Å². The molecule has 0 aromatic heterocycles. The highest BCUT2D eigenvalue weighted by atomic mass is 16.2. The molecule has 2 atom stereocenters. The zero-order valence-corrected chi connectivity index (χ0v) is 10.3. The van der Waals surface area contributed by atoms with Crippen molar-refractivity contribution in [2.45, 2.75) is 64.1 Å². The van der Waals surface area contributed by atoms with Gasteiger partial charge in [0.2, 0.25) is 5.91 Å². The highest BCUT2D eigenvalue weighted by Crippen LogP contribution is 2.20. The third-order valence-corrected chi connectivity index (χ3v) is 3.56. The molecule has 0 spiro atoms. The number of nitrogens with zero attached hydrogens (tertiary/aromatic N) is 1. The van der Waals surface area contributed by atoms with Gasteiger partial charge < -0.3 is 5.32 Å². The lowest BCUT2D eigenvalue weighted by atomic mass is 10.00. The molecular weight excluding hydrogens is 202 g/mol. The first kappa shape index (κ1) is 11.9. The van der Waals surface area contributed by atoms with Crippen LogP contribution >= 0.6 is 0 Å². The molecule has 2 N–H and O–H groups in total. The predicted octanol–water partition coefficient (Wildman–Crippen LogP) is 1.03. The van der Waals surface area contributed by atoms with Crippen LogP contribution in [-0.4, -0.2) is 35.6 Å². The Labute approximate surface area is 97.7 Å². The van der Waals surface area contributed by atoms with Crippen LogP contribution in [0.4, 0.5) is 0 Å². The summed E-state index contributed by atoms with van der Waals surface area (Å²) in [6.07, 6.45) is 6.06. The summed E-state index contributed by atoms with van der Waals surface area (Å²) in [5.74, 6) is 0.132. The van der Waals surface area contributed by atoms with Crippen LogP contribution in [0.5, 0.6) is 0 Å². The van der Waals surface area contributed by atoms with Crippen LogP contribution in [-0.2, 0) is 4.79 Å². The lowest BCUT2D eigenvalue weighted by Crippen LogP contribution is -2.54. The van der Waals surface area contributed by atoms with Crippen molar-refractivity contribution < 1.29 is 4.79 Å². The lowest BCUT2D eigenvalue weighted by Gasteiger charge is -2.38. The number of hydrazine groups is 1. The summed E-state index contributed by atoms with van der Waals surface area (Å²) in [4.78, 5) is 11.5. The number of nitrogens with one attached hydrogen (secondary N) is 2. The summed E-state index contributed by atoms with van der Waals surface area (Å²) in [7, 11) is 0. The Morgan fingerprint density at radius 3 is 2.38 bits per heavy atom. The van der Waals surface area contributed by atoms with Gasteiger partial charge in [0.1, 0.15) is 0 Å². The van der Waals surface area contributed by atoms with E-state index >= 15 is 0 Å². The van der Waals surface area contributed by atoms with Crippen molar-refractivity contribution >= 4 is 5.91 Å². The average molecular weight is 225 g/mol. The molecule has 0 bridgehead atoms. The van der Waals surface area contributed by atoms with E-state index in [0.29, 0.717) is 24.7 Å². The minimum atomic E-state index is 0.132. The molecule has 16 heavy (non-hydrogen) atoms. The van der Waals surface area contributed by atoms with Crippen LogP contribution < -0.4 is 10.7 Å². The van der Waals surface area contributed by atoms with Crippen molar-refractivity contribution in [3.05, 3.63) is 0 Å². The van der Waals surface area contributed by atoms with Gasteiger partial charge in [-0.1, -0.05) is 6.42 Å². The number of carbonyl (C=O) groups excluding carboxylic acids is 1. The molecule has 4 nitrogen and oxygen atoms in total. The quantitative estimate of drug-likeness (QED) is 0.751. The molecule has 2 fully saturated rings. The number of hydrogen-bond donors (Lipinski definition) is 2. The van der Waals surface area contributed by atoms with E-state index in [9.17, 15) is 4.79 Å². The van der Waals surface area contributed by atoms with E-state index in [1.165, 1.54) is 19.3 Å². The number of amides is 1. The molecule has 1 aliphatic carbocycles. The monoisotopic (exact) mass is 225 g/mol. The molecule has 1 aliphatic heterocycles. The molecule has 0 aromatic rings. The zero-order valence-electron chi connectivity index (χ0n) is 10.3. The molecule has 0 radical (unpaired) electrons. The van der Waals surface area contributed by atoms with Gasteiger partial charge in [0.15, 0.2) is 0 Å². The first-order chi connectivity index (χ1) is 7.66. The van der Waals surface area contributed by atoms with Crippen molar-refractivity contribution in [3.63, 3.8) is 0 Å². The zero-order chi connectivity index (χ0) is 11.5. The van der Waals surface area contributed by atoms with E-state index < -0.39 is 0 Å². The van der Waals surface area contributed by atoms with Gasteiger partial charge in [-0.25, -0.2) is 10.4 Å². The van der Waals surface area contributed by atoms with Crippen LogP contribution in [0.25, 0.3) is 0 Å². The Bertz CT molecular complexity index is 243. The van der Waals surface area contributed by atoms with Crippen LogP contribution in [0.15, 0.2) is 0 Å². The average Bonchev–Trinajstić information content (AvgIpc) is 3.01. The van der Waals surface area contributed by atoms with Gasteiger partial charge in [0.05, 0.1) is 6.54 Å². The Hall–Kier alpha value is -0.610. The van der Waals surface area contributed by atoms with E-state index in [0.717, 1.165) is 12.8 Å². The normalized spacial score (nSPS) is 31.4. The Morgan fingerprint density at radius 2 is 1.81 bits per heavy atom. The van der Waals surface area contributed by atoms with Crippen LogP contribution in [0, 0.1) is 0 Å². The van der Waals surface area contributed by atoms with Crippen molar-refractivity contribution in [3.8, 4) is 0 Å². The second-order valence-corrected chi connectivity index (χ2v) is 5.21. The molecule has 92 valence electrons. The van der Waals surface area contributed by atoms with Gasteiger partial charge in [-0.3, -0.25) is 4.79 Å². The third-order valence-electron chi connectivity index (χ3n) is 3.56. The Kier molecular flexibility index (Phi) is 3.82. The molecule has 1 saturated carbocycles. The maximum absolute atomic E-state index is 11.5. The van der Waals surface area contributed by atoms with Crippen LogP contribution in [0.1, 0.15) is 46.0 Å². The van der Waals surface area contributed by atoms with E-state index in [4.69, 9.17) is 0 Å². The highest BCUT2D eigenvalue weighted by molar-refractivity contribution is 5.78. The molecule has 0 aromatic carbocycles. The smallest absolute Gasteiger partial charge is 0.235 e. The summed E-state index contributed by atoms with van der Waals surface area (Å²) in [5, 5.41) is 5.24.